The van der Waals surface area contributed by atoms with Crippen LogP contribution in [0.25, 0.3) is 0 Å². The second kappa shape index (κ2) is 7.04. The zero-order valence-electron chi connectivity index (χ0n) is 12.6. The van der Waals surface area contributed by atoms with Crippen LogP contribution in [0.3, 0.4) is 0 Å². The molecule has 0 bridgehead atoms. The Labute approximate surface area is 124 Å². The molecule has 0 fully saturated rings. The molecule has 0 aliphatic heterocycles. The van der Waals surface area contributed by atoms with E-state index >= 15 is 0 Å². The molecule has 1 aromatic carbocycles. The quantitative estimate of drug-likeness (QED) is 0.857. The molecule has 1 atom stereocenters. The average molecular weight is 287 g/mol. The molecule has 2 rings (SSSR count). The topological polar surface area (TPSA) is 67.2 Å². The summed E-state index contributed by atoms with van der Waals surface area (Å²) in [5.74, 6) is 1.02. The molecule has 112 valence electrons. The van der Waals surface area contributed by atoms with Crippen LogP contribution in [0.5, 0.6) is 0 Å². The molecule has 1 amide bonds. The number of carbonyl (C=O) groups is 1. The fourth-order valence-electron chi connectivity index (χ4n) is 2.01. The normalized spacial score (nSPS) is 12.1. The first-order valence-electron chi connectivity index (χ1n) is 7.11. The van der Waals surface area contributed by atoms with Gasteiger partial charge in [-0.25, -0.2) is 0 Å². The Morgan fingerprint density at radius 1 is 1.29 bits per heavy atom. The Morgan fingerprint density at radius 2 is 2.00 bits per heavy atom. The summed E-state index contributed by atoms with van der Waals surface area (Å²) in [5, 5.41) is 9.78. The van der Waals surface area contributed by atoms with Crippen LogP contribution in [0.1, 0.15) is 30.2 Å². The molecule has 1 aromatic heterocycles. The highest BCUT2D eigenvalue weighted by molar-refractivity contribution is 5.93. The number of rotatable bonds is 6. The number of aromatic nitrogens is 1. The van der Waals surface area contributed by atoms with Crippen molar-refractivity contribution >= 4 is 11.7 Å². The lowest BCUT2D eigenvalue weighted by Crippen LogP contribution is -2.39. The first-order chi connectivity index (χ1) is 10.1. The van der Waals surface area contributed by atoms with Gasteiger partial charge in [-0.2, -0.15) is 0 Å². The van der Waals surface area contributed by atoms with Crippen molar-refractivity contribution in [1.82, 2.24) is 10.5 Å². The van der Waals surface area contributed by atoms with E-state index in [1.54, 1.807) is 13.0 Å². The van der Waals surface area contributed by atoms with Crippen LogP contribution in [0.2, 0.25) is 0 Å². The molecule has 0 aliphatic carbocycles. The van der Waals surface area contributed by atoms with Crippen LogP contribution in [0.4, 0.5) is 5.82 Å². The second-order valence-corrected chi connectivity index (χ2v) is 5.14. The predicted octanol–water partition coefficient (Wildman–Crippen LogP) is 2.80. The van der Waals surface area contributed by atoms with Crippen LogP contribution < -0.4 is 10.6 Å². The van der Waals surface area contributed by atoms with E-state index in [-0.39, 0.29) is 11.9 Å². The molecule has 0 radical (unpaired) electrons. The lowest BCUT2D eigenvalue weighted by atomic mass is 10.1. The van der Waals surface area contributed by atoms with Crippen molar-refractivity contribution in [3.8, 4) is 0 Å². The van der Waals surface area contributed by atoms with Gasteiger partial charge in [-0.1, -0.05) is 41.9 Å². The standard InChI is InChI=1S/C16H21N3O2/c1-4-14(16(20)18-15-9-12(3)21-19-15)17-10-13-7-5-11(2)6-8-13/h5-9,14,17H,4,10H2,1-3H3,(H,18,19,20)/t14-/m1/s1. The van der Waals surface area contributed by atoms with Gasteiger partial charge < -0.3 is 15.2 Å². The largest absolute Gasteiger partial charge is 0.360 e. The van der Waals surface area contributed by atoms with Crippen molar-refractivity contribution in [3.05, 3.63) is 47.2 Å². The highest BCUT2D eigenvalue weighted by Crippen LogP contribution is 2.09. The predicted molar refractivity (Wildman–Crippen MR) is 82.0 cm³/mol. The molecular weight excluding hydrogens is 266 g/mol. The van der Waals surface area contributed by atoms with Crippen molar-refractivity contribution < 1.29 is 9.32 Å². The molecule has 0 unspecified atom stereocenters. The van der Waals surface area contributed by atoms with Crippen LogP contribution >= 0.6 is 0 Å². The lowest BCUT2D eigenvalue weighted by Gasteiger charge is -2.15. The molecule has 2 N–H and O–H groups in total. The highest BCUT2D eigenvalue weighted by Gasteiger charge is 2.17. The van der Waals surface area contributed by atoms with Gasteiger partial charge in [0.25, 0.3) is 0 Å². The van der Waals surface area contributed by atoms with Crippen molar-refractivity contribution in [1.29, 1.82) is 0 Å². The van der Waals surface area contributed by atoms with Gasteiger partial charge in [0, 0.05) is 12.6 Å². The molecule has 1 heterocycles. The fourth-order valence-corrected chi connectivity index (χ4v) is 2.01. The molecule has 5 heteroatoms. The third kappa shape index (κ3) is 4.43. The zero-order valence-corrected chi connectivity index (χ0v) is 12.6. The summed E-state index contributed by atoms with van der Waals surface area (Å²) in [4.78, 5) is 12.2. The maximum atomic E-state index is 12.2. The van der Waals surface area contributed by atoms with Gasteiger partial charge in [0.2, 0.25) is 5.91 Å². The summed E-state index contributed by atoms with van der Waals surface area (Å²) in [6.45, 7) is 6.47. The number of hydrogen-bond acceptors (Lipinski definition) is 4. The number of carbonyl (C=O) groups excluding carboxylic acids is 1. The van der Waals surface area contributed by atoms with Crippen molar-refractivity contribution in [2.24, 2.45) is 0 Å². The van der Waals surface area contributed by atoms with Crippen LogP contribution in [-0.2, 0) is 11.3 Å². The van der Waals surface area contributed by atoms with E-state index in [1.165, 1.54) is 5.56 Å². The van der Waals surface area contributed by atoms with Gasteiger partial charge >= 0.3 is 0 Å². The monoisotopic (exact) mass is 287 g/mol. The minimum atomic E-state index is -0.261. The summed E-state index contributed by atoms with van der Waals surface area (Å²) < 4.78 is 4.93. The van der Waals surface area contributed by atoms with Crippen molar-refractivity contribution in [2.75, 3.05) is 5.32 Å². The third-order valence-corrected chi connectivity index (χ3v) is 3.28. The summed E-state index contributed by atoms with van der Waals surface area (Å²) in [6.07, 6.45) is 0.703. The minimum Gasteiger partial charge on any atom is -0.360 e. The van der Waals surface area contributed by atoms with Crippen LogP contribution in [0, 0.1) is 13.8 Å². The molecule has 0 saturated heterocycles. The number of nitrogens with zero attached hydrogens (tertiary/aromatic N) is 1. The van der Waals surface area contributed by atoms with E-state index in [4.69, 9.17) is 4.52 Å². The Balaban J connectivity index is 1.89. The number of amides is 1. The number of nitrogens with one attached hydrogen (secondary N) is 2. The van der Waals surface area contributed by atoms with Gasteiger partial charge in [-0.3, -0.25) is 4.79 Å². The van der Waals surface area contributed by atoms with Crippen molar-refractivity contribution in [2.45, 2.75) is 39.8 Å². The molecule has 0 saturated carbocycles. The number of benzene rings is 1. The number of anilines is 1. The summed E-state index contributed by atoms with van der Waals surface area (Å²) >= 11 is 0. The van der Waals surface area contributed by atoms with Gasteiger partial charge in [0.1, 0.15) is 5.76 Å². The van der Waals surface area contributed by atoms with Gasteiger partial charge in [0.05, 0.1) is 6.04 Å². The van der Waals surface area contributed by atoms with E-state index in [0.717, 1.165) is 5.56 Å². The van der Waals surface area contributed by atoms with Gasteiger partial charge in [0.15, 0.2) is 5.82 Å². The lowest BCUT2D eigenvalue weighted by molar-refractivity contribution is -0.118. The smallest absolute Gasteiger partial charge is 0.242 e. The molecule has 5 nitrogen and oxygen atoms in total. The first kappa shape index (κ1) is 15.3. The zero-order chi connectivity index (χ0) is 15.2. The first-order valence-corrected chi connectivity index (χ1v) is 7.11. The van der Waals surface area contributed by atoms with Crippen LogP contribution in [-0.4, -0.2) is 17.1 Å². The van der Waals surface area contributed by atoms with E-state index in [0.29, 0.717) is 24.5 Å². The third-order valence-electron chi connectivity index (χ3n) is 3.28. The Kier molecular flexibility index (Phi) is 5.11. The molecule has 21 heavy (non-hydrogen) atoms. The Morgan fingerprint density at radius 3 is 2.57 bits per heavy atom. The number of aryl methyl sites for hydroxylation is 2. The van der Waals surface area contributed by atoms with Gasteiger partial charge in [-0.05, 0) is 25.8 Å². The summed E-state index contributed by atoms with van der Waals surface area (Å²) in [7, 11) is 0. The maximum absolute atomic E-state index is 12.2. The molecule has 0 aliphatic rings. The second-order valence-electron chi connectivity index (χ2n) is 5.14. The minimum absolute atomic E-state index is 0.0992. The number of hydrogen-bond donors (Lipinski definition) is 2. The molecule has 2 aromatic rings. The average Bonchev–Trinajstić information content (AvgIpc) is 2.87. The molecular formula is C16H21N3O2. The molecule has 0 spiro atoms. The van der Waals surface area contributed by atoms with Crippen molar-refractivity contribution in [3.63, 3.8) is 0 Å². The summed E-state index contributed by atoms with van der Waals surface area (Å²) in [5.41, 5.74) is 2.38. The van der Waals surface area contributed by atoms with Gasteiger partial charge in [-0.15, -0.1) is 0 Å². The Bertz CT molecular complexity index is 590. The van der Waals surface area contributed by atoms with Crippen LogP contribution in [0.15, 0.2) is 34.9 Å². The van der Waals surface area contributed by atoms with E-state index in [1.807, 2.05) is 6.92 Å². The SMILES string of the molecule is CC[C@@H](NCc1ccc(C)cc1)C(=O)Nc1cc(C)on1. The fraction of sp³-hybridized carbons (Fsp3) is 0.375. The van der Waals surface area contributed by atoms with E-state index in [2.05, 4.69) is 47.0 Å². The summed E-state index contributed by atoms with van der Waals surface area (Å²) in [6, 6.07) is 9.70. The maximum Gasteiger partial charge on any atom is 0.242 e. The van der Waals surface area contributed by atoms with E-state index in [9.17, 15) is 4.79 Å². The van der Waals surface area contributed by atoms with E-state index < -0.39 is 0 Å². The Hall–Kier alpha value is -2.14. The highest BCUT2D eigenvalue weighted by atomic mass is 16.5.